The molecule has 0 spiro atoms. The lowest BCUT2D eigenvalue weighted by molar-refractivity contribution is 0.776. The third-order valence-corrected chi connectivity index (χ3v) is 3.46. The van der Waals surface area contributed by atoms with Crippen molar-refractivity contribution in [3.8, 4) is 0 Å². The Morgan fingerprint density at radius 3 is 2.60 bits per heavy atom. The average molecular weight is 271 g/mol. The minimum Gasteiger partial charge on any atom is -0.399 e. The SMILES string of the molecule is Nc1ccc(CN(c2nc[nH]c(=O)c2N)C2CC2)cc1. The summed E-state index contributed by atoms with van der Waals surface area (Å²) in [4.78, 5) is 20.4. The highest BCUT2D eigenvalue weighted by molar-refractivity contribution is 5.62. The van der Waals surface area contributed by atoms with E-state index in [-0.39, 0.29) is 11.2 Å². The van der Waals surface area contributed by atoms with Crippen molar-refractivity contribution in [1.29, 1.82) is 0 Å². The van der Waals surface area contributed by atoms with E-state index in [1.807, 2.05) is 24.3 Å². The van der Waals surface area contributed by atoms with Crippen molar-refractivity contribution in [3.05, 3.63) is 46.5 Å². The first-order valence-corrected chi connectivity index (χ1v) is 6.59. The molecule has 1 fully saturated rings. The fraction of sp³-hybridized carbons (Fsp3) is 0.286. The van der Waals surface area contributed by atoms with Crippen molar-refractivity contribution in [2.75, 3.05) is 16.4 Å². The monoisotopic (exact) mass is 271 g/mol. The summed E-state index contributed by atoms with van der Waals surface area (Å²) in [5.74, 6) is 0.563. The first-order valence-electron chi connectivity index (χ1n) is 6.59. The van der Waals surface area contributed by atoms with Gasteiger partial charge in [0.1, 0.15) is 5.69 Å². The number of hydrogen-bond donors (Lipinski definition) is 3. The highest BCUT2D eigenvalue weighted by Crippen LogP contribution is 2.33. The van der Waals surface area contributed by atoms with Crippen LogP contribution >= 0.6 is 0 Å². The molecule has 3 rings (SSSR count). The summed E-state index contributed by atoms with van der Waals surface area (Å²) < 4.78 is 0. The molecule has 1 aliphatic rings. The minimum atomic E-state index is -0.294. The molecule has 1 heterocycles. The maximum atomic E-state index is 11.6. The number of nitrogen functional groups attached to an aromatic ring is 2. The third-order valence-electron chi connectivity index (χ3n) is 3.46. The highest BCUT2D eigenvalue weighted by atomic mass is 16.1. The fourth-order valence-electron chi connectivity index (χ4n) is 2.21. The molecule has 0 atom stereocenters. The molecule has 2 aromatic rings. The maximum Gasteiger partial charge on any atom is 0.276 e. The Balaban J connectivity index is 1.91. The fourth-order valence-corrected chi connectivity index (χ4v) is 2.21. The Kier molecular flexibility index (Phi) is 3.06. The number of aromatic nitrogens is 2. The first kappa shape index (κ1) is 12.5. The largest absolute Gasteiger partial charge is 0.399 e. The summed E-state index contributed by atoms with van der Waals surface area (Å²) >= 11 is 0. The van der Waals surface area contributed by atoms with Gasteiger partial charge in [-0.25, -0.2) is 4.98 Å². The van der Waals surface area contributed by atoms with Crippen molar-refractivity contribution in [2.45, 2.75) is 25.4 Å². The number of rotatable bonds is 4. The standard InChI is InChI=1S/C14H17N5O/c15-10-3-1-9(2-4-10)7-19(11-5-6-11)13-12(16)14(20)18-8-17-13/h1-4,8,11H,5-7,15-16H2,(H,17,18,20). The normalized spacial score (nSPS) is 14.2. The Labute approximate surface area is 116 Å². The molecule has 1 aliphatic carbocycles. The van der Waals surface area contributed by atoms with Crippen molar-refractivity contribution in [1.82, 2.24) is 9.97 Å². The molecule has 1 aromatic carbocycles. The van der Waals surface area contributed by atoms with E-state index in [0.29, 0.717) is 18.4 Å². The molecule has 0 saturated heterocycles. The van der Waals surface area contributed by atoms with Crippen LogP contribution in [0.3, 0.4) is 0 Å². The third kappa shape index (κ3) is 2.45. The zero-order chi connectivity index (χ0) is 14.1. The van der Waals surface area contributed by atoms with Crippen molar-refractivity contribution < 1.29 is 0 Å². The van der Waals surface area contributed by atoms with Crippen LogP contribution in [-0.2, 0) is 6.54 Å². The lowest BCUT2D eigenvalue weighted by Gasteiger charge is -2.24. The van der Waals surface area contributed by atoms with Crippen molar-refractivity contribution >= 4 is 17.2 Å². The molecule has 0 bridgehead atoms. The summed E-state index contributed by atoms with van der Waals surface area (Å²) in [5.41, 5.74) is 13.3. The van der Waals surface area contributed by atoms with E-state index in [2.05, 4.69) is 14.9 Å². The molecule has 0 radical (unpaired) electrons. The van der Waals surface area contributed by atoms with Crippen LogP contribution in [0.1, 0.15) is 18.4 Å². The van der Waals surface area contributed by atoms with E-state index in [9.17, 15) is 4.79 Å². The lowest BCUT2D eigenvalue weighted by atomic mass is 10.2. The van der Waals surface area contributed by atoms with E-state index >= 15 is 0 Å². The molecule has 6 nitrogen and oxygen atoms in total. The molecule has 1 saturated carbocycles. The number of H-pyrrole nitrogens is 1. The van der Waals surface area contributed by atoms with Crippen LogP contribution in [0.5, 0.6) is 0 Å². The molecule has 6 heteroatoms. The van der Waals surface area contributed by atoms with Crippen LogP contribution in [0.25, 0.3) is 0 Å². The Hall–Kier alpha value is -2.50. The number of anilines is 3. The van der Waals surface area contributed by atoms with Crippen LogP contribution in [-0.4, -0.2) is 16.0 Å². The minimum absolute atomic E-state index is 0.176. The topological polar surface area (TPSA) is 101 Å². The molecule has 1 aromatic heterocycles. The number of nitrogens with two attached hydrogens (primary N) is 2. The Bertz CT molecular complexity index is 660. The van der Waals surface area contributed by atoms with Gasteiger partial charge in [0.05, 0.1) is 6.33 Å². The molecular weight excluding hydrogens is 254 g/mol. The number of nitrogens with zero attached hydrogens (tertiary/aromatic N) is 2. The van der Waals surface area contributed by atoms with E-state index < -0.39 is 0 Å². The van der Waals surface area contributed by atoms with Crippen LogP contribution < -0.4 is 21.9 Å². The van der Waals surface area contributed by atoms with E-state index in [1.165, 1.54) is 6.33 Å². The van der Waals surface area contributed by atoms with Crippen molar-refractivity contribution in [3.63, 3.8) is 0 Å². The van der Waals surface area contributed by atoms with Gasteiger partial charge in [0.15, 0.2) is 5.82 Å². The van der Waals surface area contributed by atoms with Crippen LogP contribution in [0.4, 0.5) is 17.2 Å². The summed E-state index contributed by atoms with van der Waals surface area (Å²) in [6, 6.07) is 8.11. The van der Waals surface area contributed by atoms with E-state index in [1.54, 1.807) is 0 Å². The van der Waals surface area contributed by atoms with Gasteiger partial charge in [-0.2, -0.15) is 0 Å². The number of aromatic amines is 1. The quantitative estimate of drug-likeness (QED) is 0.723. The van der Waals surface area contributed by atoms with Gasteiger partial charge in [0, 0.05) is 18.3 Å². The second-order valence-corrected chi connectivity index (χ2v) is 5.07. The smallest absolute Gasteiger partial charge is 0.276 e. The van der Waals surface area contributed by atoms with E-state index in [4.69, 9.17) is 11.5 Å². The number of nitrogens with one attached hydrogen (secondary N) is 1. The second kappa shape index (κ2) is 4.88. The molecule has 5 N–H and O–H groups in total. The molecule has 20 heavy (non-hydrogen) atoms. The summed E-state index contributed by atoms with van der Waals surface area (Å²) in [7, 11) is 0. The predicted molar refractivity (Wildman–Crippen MR) is 79.3 cm³/mol. The average Bonchev–Trinajstić information content (AvgIpc) is 3.26. The van der Waals surface area contributed by atoms with Gasteiger partial charge >= 0.3 is 0 Å². The number of hydrogen-bond acceptors (Lipinski definition) is 5. The molecule has 0 amide bonds. The van der Waals surface area contributed by atoms with Crippen LogP contribution in [0, 0.1) is 0 Å². The zero-order valence-corrected chi connectivity index (χ0v) is 11.0. The van der Waals surface area contributed by atoms with Gasteiger partial charge in [0.2, 0.25) is 0 Å². The van der Waals surface area contributed by atoms with Crippen LogP contribution in [0.2, 0.25) is 0 Å². The summed E-state index contributed by atoms with van der Waals surface area (Å²) in [6.07, 6.45) is 3.60. The van der Waals surface area contributed by atoms with Gasteiger partial charge in [-0.3, -0.25) is 4.79 Å². The first-order chi connectivity index (χ1) is 9.65. The molecule has 104 valence electrons. The van der Waals surface area contributed by atoms with Gasteiger partial charge in [-0.15, -0.1) is 0 Å². The Morgan fingerprint density at radius 1 is 1.25 bits per heavy atom. The molecular formula is C14H17N5O. The van der Waals surface area contributed by atoms with Gasteiger partial charge in [-0.1, -0.05) is 12.1 Å². The highest BCUT2D eigenvalue weighted by Gasteiger charge is 2.31. The van der Waals surface area contributed by atoms with Gasteiger partial charge < -0.3 is 21.4 Å². The van der Waals surface area contributed by atoms with Gasteiger partial charge in [-0.05, 0) is 30.5 Å². The summed E-state index contributed by atoms with van der Waals surface area (Å²) in [6.45, 7) is 0.672. The second-order valence-electron chi connectivity index (χ2n) is 5.07. The predicted octanol–water partition coefficient (Wildman–Crippen LogP) is 1.10. The molecule has 0 unspecified atom stereocenters. The van der Waals surface area contributed by atoms with Crippen molar-refractivity contribution in [2.24, 2.45) is 0 Å². The number of benzene rings is 1. The Morgan fingerprint density at radius 2 is 1.95 bits per heavy atom. The summed E-state index contributed by atoms with van der Waals surface area (Å²) in [5, 5.41) is 0. The molecule has 0 aliphatic heterocycles. The zero-order valence-electron chi connectivity index (χ0n) is 11.0. The maximum absolute atomic E-state index is 11.6. The van der Waals surface area contributed by atoms with Crippen LogP contribution in [0.15, 0.2) is 35.4 Å². The lowest BCUT2D eigenvalue weighted by Crippen LogP contribution is -2.29. The van der Waals surface area contributed by atoms with E-state index in [0.717, 1.165) is 24.1 Å². The van der Waals surface area contributed by atoms with Gasteiger partial charge in [0.25, 0.3) is 5.56 Å².